The van der Waals surface area contributed by atoms with Gasteiger partial charge >= 0.3 is 5.97 Å². The lowest BCUT2D eigenvalue weighted by Crippen LogP contribution is -2.49. The zero-order chi connectivity index (χ0) is 12.2. The molecule has 1 atom stereocenters. The monoisotopic (exact) mass is 221 g/mol. The van der Waals surface area contributed by atoms with Crippen molar-refractivity contribution in [1.82, 2.24) is 4.90 Å². The maximum atomic E-state index is 11.6. The van der Waals surface area contributed by atoms with E-state index in [1.807, 2.05) is 56.1 Å². The van der Waals surface area contributed by atoms with Gasteiger partial charge in [0.05, 0.1) is 0 Å². The summed E-state index contributed by atoms with van der Waals surface area (Å²) in [6.45, 7) is 4.58. The van der Waals surface area contributed by atoms with E-state index < -0.39 is 11.5 Å². The number of nitrogens with zero attached hydrogens (tertiary/aromatic N) is 1. The third-order valence-electron chi connectivity index (χ3n) is 3.24. The second kappa shape index (κ2) is 5.12. The number of rotatable bonds is 5. The molecule has 1 aromatic rings. The molecule has 0 aromatic heterocycles. The first-order valence-electron chi connectivity index (χ1n) is 5.59. The highest BCUT2D eigenvalue weighted by Crippen LogP contribution is 2.31. The van der Waals surface area contributed by atoms with Crippen LogP contribution in [0.15, 0.2) is 30.3 Å². The zero-order valence-electron chi connectivity index (χ0n) is 10.1. The summed E-state index contributed by atoms with van der Waals surface area (Å²) in [5.74, 6) is -0.787. The molecule has 1 unspecified atom stereocenters. The Balaban J connectivity index is 3.29. The van der Waals surface area contributed by atoms with Crippen LogP contribution in [0.4, 0.5) is 0 Å². The second-order valence-corrected chi connectivity index (χ2v) is 3.90. The number of aliphatic carboxylic acids is 1. The molecule has 0 fully saturated rings. The van der Waals surface area contributed by atoms with E-state index in [-0.39, 0.29) is 0 Å². The summed E-state index contributed by atoms with van der Waals surface area (Å²) in [6.07, 6.45) is 0.552. The Kier molecular flexibility index (Phi) is 4.07. The van der Waals surface area contributed by atoms with Crippen LogP contribution in [0.1, 0.15) is 25.8 Å². The highest BCUT2D eigenvalue weighted by Gasteiger charge is 2.41. The molecule has 3 heteroatoms. The smallest absolute Gasteiger partial charge is 0.328 e. The highest BCUT2D eigenvalue weighted by molar-refractivity contribution is 5.80. The van der Waals surface area contributed by atoms with Crippen molar-refractivity contribution in [3.63, 3.8) is 0 Å². The number of hydrogen-bond acceptors (Lipinski definition) is 2. The molecule has 0 heterocycles. The van der Waals surface area contributed by atoms with Gasteiger partial charge in [-0.3, -0.25) is 4.90 Å². The van der Waals surface area contributed by atoms with Crippen molar-refractivity contribution in [2.45, 2.75) is 25.8 Å². The van der Waals surface area contributed by atoms with Crippen LogP contribution in [0.2, 0.25) is 0 Å². The lowest BCUT2D eigenvalue weighted by Gasteiger charge is -2.37. The minimum absolute atomic E-state index is 0.552. The quantitative estimate of drug-likeness (QED) is 0.829. The lowest BCUT2D eigenvalue weighted by atomic mass is 9.85. The van der Waals surface area contributed by atoms with E-state index in [2.05, 4.69) is 0 Å². The third kappa shape index (κ3) is 1.95. The first-order valence-corrected chi connectivity index (χ1v) is 5.59. The predicted octanol–water partition coefficient (Wildman–Crippen LogP) is 2.33. The van der Waals surface area contributed by atoms with Crippen LogP contribution in [-0.2, 0) is 10.3 Å². The Hall–Kier alpha value is -1.35. The van der Waals surface area contributed by atoms with Crippen molar-refractivity contribution in [3.8, 4) is 0 Å². The average Bonchev–Trinajstić information content (AvgIpc) is 2.31. The molecule has 16 heavy (non-hydrogen) atoms. The number of carboxylic acids is 1. The summed E-state index contributed by atoms with van der Waals surface area (Å²) in [7, 11) is 1.85. The number of carboxylic acid groups (broad SMARTS) is 1. The van der Waals surface area contributed by atoms with Gasteiger partial charge in [0.2, 0.25) is 0 Å². The molecule has 1 rings (SSSR count). The normalized spacial score (nSPS) is 14.8. The van der Waals surface area contributed by atoms with Gasteiger partial charge < -0.3 is 5.11 Å². The molecular formula is C13H19NO2. The fraction of sp³-hybridized carbons (Fsp3) is 0.462. The molecule has 0 saturated carbocycles. The van der Waals surface area contributed by atoms with Crippen molar-refractivity contribution >= 4 is 5.97 Å². The minimum Gasteiger partial charge on any atom is -0.480 e. The first-order chi connectivity index (χ1) is 7.59. The molecule has 0 bridgehead atoms. The standard InChI is InChI=1S/C13H19NO2/c1-4-13(12(15)16,14(3)5-2)11-9-7-6-8-10-11/h6-10H,4-5H2,1-3H3,(H,15,16). The van der Waals surface area contributed by atoms with Gasteiger partial charge in [-0.25, -0.2) is 4.79 Å². The second-order valence-electron chi connectivity index (χ2n) is 3.90. The molecule has 0 amide bonds. The lowest BCUT2D eigenvalue weighted by molar-refractivity contribution is -0.151. The maximum Gasteiger partial charge on any atom is 0.328 e. The Morgan fingerprint density at radius 2 is 1.88 bits per heavy atom. The summed E-state index contributed by atoms with van der Waals surface area (Å²) >= 11 is 0. The largest absolute Gasteiger partial charge is 0.480 e. The number of likely N-dealkylation sites (N-methyl/N-ethyl adjacent to an activating group) is 1. The summed E-state index contributed by atoms with van der Waals surface area (Å²) < 4.78 is 0. The molecule has 0 saturated heterocycles. The molecule has 0 spiro atoms. The van der Waals surface area contributed by atoms with Crippen LogP contribution in [0, 0.1) is 0 Å². The average molecular weight is 221 g/mol. The Labute approximate surface area is 96.7 Å². The van der Waals surface area contributed by atoms with E-state index in [1.54, 1.807) is 0 Å². The van der Waals surface area contributed by atoms with Crippen LogP contribution in [0.3, 0.4) is 0 Å². The van der Waals surface area contributed by atoms with Gasteiger partial charge in [0, 0.05) is 0 Å². The summed E-state index contributed by atoms with van der Waals surface area (Å²) in [5, 5.41) is 9.54. The molecule has 3 nitrogen and oxygen atoms in total. The highest BCUT2D eigenvalue weighted by atomic mass is 16.4. The molecule has 1 N–H and O–H groups in total. The molecule has 88 valence electrons. The van der Waals surface area contributed by atoms with Gasteiger partial charge in [-0.15, -0.1) is 0 Å². The van der Waals surface area contributed by atoms with E-state index in [0.29, 0.717) is 13.0 Å². The zero-order valence-corrected chi connectivity index (χ0v) is 10.1. The molecule has 0 aliphatic rings. The predicted molar refractivity (Wildman–Crippen MR) is 64.4 cm³/mol. The number of hydrogen-bond donors (Lipinski definition) is 1. The first kappa shape index (κ1) is 12.7. The fourth-order valence-electron chi connectivity index (χ4n) is 2.12. The van der Waals surface area contributed by atoms with Gasteiger partial charge in [-0.2, -0.15) is 0 Å². The number of carbonyl (C=O) groups is 1. The third-order valence-corrected chi connectivity index (χ3v) is 3.24. The maximum absolute atomic E-state index is 11.6. The molecule has 0 radical (unpaired) electrons. The topological polar surface area (TPSA) is 40.5 Å². The van der Waals surface area contributed by atoms with E-state index in [9.17, 15) is 9.90 Å². The van der Waals surface area contributed by atoms with Gasteiger partial charge in [0.25, 0.3) is 0 Å². The molecule has 1 aromatic carbocycles. The fourth-order valence-corrected chi connectivity index (χ4v) is 2.12. The Morgan fingerprint density at radius 1 is 1.31 bits per heavy atom. The van der Waals surface area contributed by atoms with Crippen molar-refractivity contribution < 1.29 is 9.90 Å². The van der Waals surface area contributed by atoms with Crippen LogP contribution >= 0.6 is 0 Å². The molecular weight excluding hydrogens is 202 g/mol. The van der Waals surface area contributed by atoms with Crippen LogP contribution in [-0.4, -0.2) is 29.6 Å². The van der Waals surface area contributed by atoms with Crippen LogP contribution in [0.25, 0.3) is 0 Å². The summed E-state index contributed by atoms with van der Waals surface area (Å²) in [6, 6.07) is 9.42. The molecule has 0 aliphatic carbocycles. The van der Waals surface area contributed by atoms with Gasteiger partial charge in [-0.05, 0) is 25.6 Å². The summed E-state index contributed by atoms with van der Waals surface area (Å²) in [5.41, 5.74) is -0.0647. The van der Waals surface area contributed by atoms with E-state index in [1.165, 1.54) is 0 Å². The number of benzene rings is 1. The van der Waals surface area contributed by atoms with Crippen molar-refractivity contribution in [1.29, 1.82) is 0 Å². The van der Waals surface area contributed by atoms with Crippen LogP contribution in [0.5, 0.6) is 0 Å². The van der Waals surface area contributed by atoms with E-state index in [0.717, 1.165) is 5.56 Å². The minimum atomic E-state index is -0.907. The Bertz CT molecular complexity index is 350. The SMILES string of the molecule is CCN(C)C(CC)(C(=O)O)c1ccccc1. The van der Waals surface area contributed by atoms with Crippen molar-refractivity contribution in [2.75, 3.05) is 13.6 Å². The summed E-state index contributed by atoms with van der Waals surface area (Å²) in [4.78, 5) is 13.5. The van der Waals surface area contributed by atoms with E-state index in [4.69, 9.17) is 0 Å². The van der Waals surface area contributed by atoms with Gasteiger partial charge in [-0.1, -0.05) is 44.2 Å². The van der Waals surface area contributed by atoms with Gasteiger partial charge in [0.15, 0.2) is 0 Å². The van der Waals surface area contributed by atoms with E-state index >= 15 is 0 Å². The van der Waals surface area contributed by atoms with Gasteiger partial charge in [0.1, 0.15) is 5.54 Å². The Morgan fingerprint density at radius 3 is 2.25 bits per heavy atom. The van der Waals surface area contributed by atoms with Crippen molar-refractivity contribution in [2.24, 2.45) is 0 Å². The van der Waals surface area contributed by atoms with Crippen molar-refractivity contribution in [3.05, 3.63) is 35.9 Å². The molecule has 0 aliphatic heterocycles. The van der Waals surface area contributed by atoms with Crippen LogP contribution < -0.4 is 0 Å².